The topological polar surface area (TPSA) is 46.2 Å². The van der Waals surface area contributed by atoms with Crippen molar-refractivity contribution in [2.24, 2.45) is 5.73 Å². The zero-order valence-electron chi connectivity index (χ0n) is 6.76. The second-order valence-electron chi connectivity index (χ2n) is 3.12. The molecular formula is C7H17NOS. The van der Waals surface area contributed by atoms with Gasteiger partial charge in [0.1, 0.15) is 0 Å². The lowest BCUT2D eigenvalue weighted by atomic mass is 10.1. The van der Waals surface area contributed by atoms with E-state index < -0.39 is 0 Å². The van der Waals surface area contributed by atoms with Gasteiger partial charge in [0, 0.05) is 17.9 Å². The Morgan fingerprint density at radius 3 is 2.50 bits per heavy atom. The highest BCUT2D eigenvalue weighted by Crippen LogP contribution is 2.09. The molecule has 0 bridgehead atoms. The number of aliphatic hydroxyl groups excluding tert-OH is 1. The SMILES string of the molecule is CC(C)(N)CSCCCO. The Hall–Kier alpha value is 0.270. The van der Waals surface area contributed by atoms with Gasteiger partial charge in [0.15, 0.2) is 0 Å². The molecule has 0 saturated carbocycles. The molecule has 0 saturated heterocycles. The zero-order valence-corrected chi connectivity index (χ0v) is 7.58. The minimum absolute atomic E-state index is 0.0693. The van der Waals surface area contributed by atoms with Gasteiger partial charge in [-0.3, -0.25) is 0 Å². The second-order valence-corrected chi connectivity index (χ2v) is 4.22. The summed E-state index contributed by atoms with van der Waals surface area (Å²) in [6.45, 7) is 4.32. The predicted molar refractivity (Wildman–Crippen MR) is 47.3 cm³/mol. The van der Waals surface area contributed by atoms with E-state index in [1.165, 1.54) is 0 Å². The molecule has 0 spiro atoms. The number of thioether (sulfide) groups is 1. The zero-order chi connectivity index (χ0) is 8.04. The van der Waals surface area contributed by atoms with E-state index in [0.29, 0.717) is 0 Å². The molecule has 0 aliphatic carbocycles. The fourth-order valence-corrected chi connectivity index (χ4v) is 1.51. The van der Waals surface area contributed by atoms with Crippen LogP contribution in [0.3, 0.4) is 0 Å². The molecule has 0 aliphatic heterocycles. The molecule has 0 unspecified atom stereocenters. The van der Waals surface area contributed by atoms with Crippen LogP contribution in [0.2, 0.25) is 0 Å². The molecule has 0 aromatic carbocycles. The van der Waals surface area contributed by atoms with Crippen molar-refractivity contribution in [2.75, 3.05) is 18.1 Å². The fourth-order valence-electron chi connectivity index (χ4n) is 0.502. The first-order valence-electron chi connectivity index (χ1n) is 3.54. The van der Waals surface area contributed by atoms with Crippen molar-refractivity contribution in [1.29, 1.82) is 0 Å². The van der Waals surface area contributed by atoms with Crippen LogP contribution in [0.5, 0.6) is 0 Å². The summed E-state index contributed by atoms with van der Waals surface area (Å²) < 4.78 is 0. The third-order valence-electron chi connectivity index (χ3n) is 0.921. The second kappa shape index (κ2) is 4.99. The summed E-state index contributed by atoms with van der Waals surface area (Å²) in [6, 6.07) is 0. The van der Waals surface area contributed by atoms with Crippen LogP contribution < -0.4 is 5.73 Å². The molecule has 0 aliphatic rings. The summed E-state index contributed by atoms with van der Waals surface area (Å²) in [5, 5.41) is 8.45. The van der Waals surface area contributed by atoms with E-state index in [9.17, 15) is 0 Å². The molecule has 0 heterocycles. The summed E-state index contributed by atoms with van der Waals surface area (Å²) in [6.07, 6.45) is 0.876. The van der Waals surface area contributed by atoms with Gasteiger partial charge in [0.05, 0.1) is 0 Å². The molecule has 3 N–H and O–H groups in total. The first-order chi connectivity index (χ1) is 4.56. The largest absolute Gasteiger partial charge is 0.396 e. The summed E-state index contributed by atoms with van der Waals surface area (Å²) >= 11 is 1.80. The van der Waals surface area contributed by atoms with E-state index in [2.05, 4.69) is 0 Å². The van der Waals surface area contributed by atoms with E-state index in [-0.39, 0.29) is 12.1 Å². The van der Waals surface area contributed by atoms with Crippen LogP contribution >= 0.6 is 11.8 Å². The van der Waals surface area contributed by atoms with E-state index in [1.807, 2.05) is 13.8 Å². The minimum Gasteiger partial charge on any atom is -0.396 e. The normalized spacial score (nSPS) is 12.0. The van der Waals surface area contributed by atoms with Gasteiger partial charge in [0.2, 0.25) is 0 Å². The quantitative estimate of drug-likeness (QED) is 0.590. The van der Waals surface area contributed by atoms with Crippen molar-refractivity contribution in [3.05, 3.63) is 0 Å². The number of aliphatic hydroxyl groups is 1. The first-order valence-corrected chi connectivity index (χ1v) is 4.69. The molecule has 62 valence electrons. The van der Waals surface area contributed by atoms with Crippen molar-refractivity contribution in [2.45, 2.75) is 25.8 Å². The van der Waals surface area contributed by atoms with Gasteiger partial charge in [0.25, 0.3) is 0 Å². The summed E-state index contributed by atoms with van der Waals surface area (Å²) in [5.74, 6) is 1.98. The molecule has 0 fully saturated rings. The van der Waals surface area contributed by atoms with Crippen LogP contribution in [0.1, 0.15) is 20.3 Å². The minimum atomic E-state index is -0.0693. The van der Waals surface area contributed by atoms with E-state index in [4.69, 9.17) is 10.8 Å². The molecule has 0 aromatic rings. The lowest BCUT2D eigenvalue weighted by Gasteiger charge is -2.16. The van der Waals surface area contributed by atoms with Crippen LogP contribution in [0.25, 0.3) is 0 Å². The Balaban J connectivity index is 3.04. The molecule has 0 amide bonds. The highest BCUT2D eigenvalue weighted by atomic mass is 32.2. The standard InChI is InChI=1S/C7H17NOS/c1-7(2,8)6-10-5-3-4-9/h9H,3-6,8H2,1-2H3. The Morgan fingerprint density at radius 2 is 2.10 bits per heavy atom. The Morgan fingerprint density at radius 1 is 1.50 bits per heavy atom. The third kappa shape index (κ3) is 8.27. The summed E-state index contributed by atoms with van der Waals surface area (Å²) in [5.41, 5.74) is 5.67. The maximum absolute atomic E-state index is 8.45. The summed E-state index contributed by atoms with van der Waals surface area (Å²) in [7, 11) is 0. The smallest absolute Gasteiger partial charge is 0.0438 e. The average molecular weight is 163 g/mol. The molecule has 0 radical (unpaired) electrons. The van der Waals surface area contributed by atoms with Crippen molar-refractivity contribution in [3.63, 3.8) is 0 Å². The first kappa shape index (κ1) is 10.3. The fraction of sp³-hybridized carbons (Fsp3) is 1.00. The molecule has 3 heteroatoms. The van der Waals surface area contributed by atoms with E-state index >= 15 is 0 Å². The Bertz CT molecular complexity index is 80.2. The number of rotatable bonds is 5. The summed E-state index contributed by atoms with van der Waals surface area (Å²) in [4.78, 5) is 0. The van der Waals surface area contributed by atoms with Crippen molar-refractivity contribution < 1.29 is 5.11 Å². The van der Waals surface area contributed by atoms with Gasteiger partial charge in [-0.25, -0.2) is 0 Å². The van der Waals surface area contributed by atoms with E-state index in [1.54, 1.807) is 11.8 Å². The lowest BCUT2D eigenvalue weighted by Crippen LogP contribution is -2.34. The highest BCUT2D eigenvalue weighted by Gasteiger charge is 2.08. The van der Waals surface area contributed by atoms with Crippen LogP contribution in [0.4, 0.5) is 0 Å². The van der Waals surface area contributed by atoms with Crippen molar-refractivity contribution in [3.8, 4) is 0 Å². The van der Waals surface area contributed by atoms with Gasteiger partial charge in [-0.15, -0.1) is 0 Å². The maximum Gasteiger partial charge on any atom is 0.0438 e. The van der Waals surface area contributed by atoms with Gasteiger partial charge in [-0.05, 0) is 26.0 Å². The van der Waals surface area contributed by atoms with Crippen LogP contribution in [0.15, 0.2) is 0 Å². The Kier molecular flexibility index (Phi) is 5.13. The van der Waals surface area contributed by atoms with Crippen molar-refractivity contribution in [1.82, 2.24) is 0 Å². The van der Waals surface area contributed by atoms with Crippen molar-refractivity contribution >= 4 is 11.8 Å². The Labute approximate surface area is 67.2 Å². The molecule has 0 atom stereocenters. The van der Waals surface area contributed by atoms with Crippen LogP contribution in [0, 0.1) is 0 Å². The molecular weight excluding hydrogens is 146 g/mol. The lowest BCUT2D eigenvalue weighted by molar-refractivity contribution is 0.296. The van der Waals surface area contributed by atoms with Gasteiger partial charge >= 0.3 is 0 Å². The van der Waals surface area contributed by atoms with Gasteiger partial charge < -0.3 is 10.8 Å². The van der Waals surface area contributed by atoms with Gasteiger partial charge in [-0.2, -0.15) is 11.8 Å². The predicted octanol–water partition coefficient (Wildman–Crippen LogP) is 0.839. The molecule has 0 rings (SSSR count). The third-order valence-corrected chi connectivity index (χ3v) is 2.45. The molecule has 2 nitrogen and oxygen atoms in total. The van der Waals surface area contributed by atoms with Gasteiger partial charge in [-0.1, -0.05) is 0 Å². The number of nitrogens with two attached hydrogens (primary N) is 1. The van der Waals surface area contributed by atoms with Crippen LogP contribution in [-0.2, 0) is 0 Å². The number of hydrogen-bond acceptors (Lipinski definition) is 3. The molecule has 0 aromatic heterocycles. The maximum atomic E-state index is 8.45. The molecule has 10 heavy (non-hydrogen) atoms. The monoisotopic (exact) mass is 163 g/mol. The van der Waals surface area contributed by atoms with E-state index in [0.717, 1.165) is 17.9 Å². The highest BCUT2D eigenvalue weighted by molar-refractivity contribution is 7.99. The average Bonchev–Trinajstić information content (AvgIpc) is 1.78. The van der Waals surface area contributed by atoms with Crippen LogP contribution in [-0.4, -0.2) is 28.8 Å². The number of hydrogen-bond donors (Lipinski definition) is 2.